The maximum atomic E-state index is 12.4. The molecular formula is C14H19NO4S. The Kier molecular flexibility index (Phi) is 5.47. The zero-order valence-electron chi connectivity index (χ0n) is 11.7. The summed E-state index contributed by atoms with van der Waals surface area (Å²) >= 11 is 0. The van der Waals surface area contributed by atoms with Crippen LogP contribution in [0, 0.1) is 0 Å². The second kappa shape index (κ2) is 6.67. The van der Waals surface area contributed by atoms with Crippen molar-refractivity contribution in [2.24, 2.45) is 0 Å². The van der Waals surface area contributed by atoms with E-state index < -0.39 is 16.0 Å². The first-order chi connectivity index (χ1) is 9.27. The van der Waals surface area contributed by atoms with Crippen LogP contribution in [0.4, 0.5) is 0 Å². The fourth-order valence-electron chi connectivity index (χ4n) is 1.77. The molecular weight excluding hydrogens is 278 g/mol. The van der Waals surface area contributed by atoms with Crippen LogP contribution in [-0.4, -0.2) is 36.9 Å². The first kappa shape index (κ1) is 16.4. The standard InChI is InChI=1S/C14H19NO4S/c1-4-15(10-11(2)3)20(18,19)13-7-5-12(6-8-13)9-14(16)17/h5-8H,2,4,9-10H2,1,3H3,(H,16,17). The lowest BCUT2D eigenvalue weighted by atomic mass is 10.2. The van der Waals surface area contributed by atoms with Crippen molar-refractivity contribution >= 4 is 16.0 Å². The summed E-state index contributed by atoms with van der Waals surface area (Å²) in [5, 5.41) is 8.69. The van der Waals surface area contributed by atoms with Crippen molar-refractivity contribution in [2.45, 2.75) is 25.2 Å². The fraction of sp³-hybridized carbons (Fsp3) is 0.357. The highest BCUT2D eigenvalue weighted by atomic mass is 32.2. The molecule has 0 aliphatic carbocycles. The van der Waals surface area contributed by atoms with Crippen molar-refractivity contribution < 1.29 is 18.3 Å². The van der Waals surface area contributed by atoms with Crippen molar-refractivity contribution in [3.05, 3.63) is 42.0 Å². The molecule has 0 aromatic heterocycles. The van der Waals surface area contributed by atoms with Gasteiger partial charge in [0.2, 0.25) is 10.0 Å². The molecule has 110 valence electrons. The first-order valence-corrected chi connectivity index (χ1v) is 7.66. The quantitative estimate of drug-likeness (QED) is 0.780. The van der Waals surface area contributed by atoms with Gasteiger partial charge in [0.1, 0.15) is 0 Å². The molecule has 1 aromatic carbocycles. The molecule has 0 spiro atoms. The van der Waals surface area contributed by atoms with Gasteiger partial charge in [-0.1, -0.05) is 31.2 Å². The minimum absolute atomic E-state index is 0.121. The van der Waals surface area contributed by atoms with E-state index in [0.29, 0.717) is 12.1 Å². The Morgan fingerprint density at radius 2 is 1.85 bits per heavy atom. The predicted molar refractivity (Wildman–Crippen MR) is 77.0 cm³/mol. The Hall–Kier alpha value is -1.66. The SMILES string of the molecule is C=C(C)CN(CC)S(=O)(=O)c1ccc(CC(=O)O)cc1. The smallest absolute Gasteiger partial charge is 0.307 e. The first-order valence-electron chi connectivity index (χ1n) is 6.22. The largest absolute Gasteiger partial charge is 0.481 e. The van der Waals surface area contributed by atoms with Crippen LogP contribution in [0.15, 0.2) is 41.3 Å². The number of likely N-dealkylation sites (N-methyl/N-ethyl adjacent to an activating group) is 1. The highest BCUT2D eigenvalue weighted by molar-refractivity contribution is 7.89. The highest BCUT2D eigenvalue weighted by Gasteiger charge is 2.22. The molecule has 0 saturated heterocycles. The van der Waals surface area contributed by atoms with Crippen molar-refractivity contribution in [1.29, 1.82) is 0 Å². The molecule has 5 nitrogen and oxygen atoms in total. The van der Waals surface area contributed by atoms with E-state index in [1.54, 1.807) is 13.8 Å². The summed E-state index contributed by atoms with van der Waals surface area (Å²) < 4.78 is 26.1. The van der Waals surface area contributed by atoms with Gasteiger partial charge < -0.3 is 5.11 Å². The Balaban J connectivity index is 3.02. The number of benzene rings is 1. The summed E-state index contributed by atoms with van der Waals surface area (Å²) in [6.45, 7) is 7.89. The minimum atomic E-state index is -3.57. The lowest BCUT2D eigenvalue weighted by Gasteiger charge is -2.20. The molecule has 6 heteroatoms. The molecule has 1 N–H and O–H groups in total. The summed E-state index contributed by atoms with van der Waals surface area (Å²) in [6.07, 6.45) is -0.121. The number of hydrogen-bond acceptors (Lipinski definition) is 3. The van der Waals surface area contributed by atoms with Crippen molar-refractivity contribution in [1.82, 2.24) is 4.31 Å². The molecule has 0 fully saturated rings. The Labute approximate surface area is 119 Å². The monoisotopic (exact) mass is 297 g/mol. The average Bonchev–Trinajstić information content (AvgIpc) is 2.35. The molecule has 0 amide bonds. The van der Waals surface area contributed by atoms with E-state index in [4.69, 9.17) is 5.11 Å². The molecule has 0 bridgehead atoms. The Morgan fingerprint density at radius 1 is 1.30 bits per heavy atom. The van der Waals surface area contributed by atoms with E-state index >= 15 is 0 Å². The van der Waals surface area contributed by atoms with Gasteiger partial charge in [-0.2, -0.15) is 4.31 Å². The molecule has 0 aliphatic heterocycles. The number of carboxylic acids is 1. The Morgan fingerprint density at radius 3 is 2.25 bits per heavy atom. The molecule has 0 unspecified atom stereocenters. The van der Waals surface area contributed by atoms with E-state index in [0.717, 1.165) is 5.57 Å². The third-order valence-electron chi connectivity index (χ3n) is 2.72. The molecule has 0 saturated carbocycles. The normalized spacial score (nSPS) is 11.6. The second-order valence-electron chi connectivity index (χ2n) is 4.60. The van der Waals surface area contributed by atoms with Crippen LogP contribution < -0.4 is 0 Å². The summed E-state index contributed by atoms with van der Waals surface area (Å²) in [5.41, 5.74) is 1.33. The second-order valence-corrected chi connectivity index (χ2v) is 6.54. The summed E-state index contributed by atoms with van der Waals surface area (Å²) in [4.78, 5) is 10.8. The van der Waals surface area contributed by atoms with E-state index in [9.17, 15) is 13.2 Å². The molecule has 0 radical (unpaired) electrons. The van der Waals surface area contributed by atoms with Crippen LogP contribution in [0.5, 0.6) is 0 Å². The highest BCUT2D eigenvalue weighted by Crippen LogP contribution is 2.17. The summed E-state index contributed by atoms with van der Waals surface area (Å²) in [5.74, 6) is -0.946. The summed E-state index contributed by atoms with van der Waals surface area (Å²) in [6, 6.07) is 5.93. The molecule has 20 heavy (non-hydrogen) atoms. The average molecular weight is 297 g/mol. The number of aliphatic carboxylic acids is 1. The number of nitrogens with zero attached hydrogens (tertiary/aromatic N) is 1. The number of hydrogen-bond donors (Lipinski definition) is 1. The number of rotatable bonds is 7. The lowest BCUT2D eigenvalue weighted by molar-refractivity contribution is -0.136. The van der Waals surface area contributed by atoms with Crippen molar-refractivity contribution in [3.8, 4) is 0 Å². The number of carboxylic acid groups (broad SMARTS) is 1. The topological polar surface area (TPSA) is 74.7 Å². The fourth-order valence-corrected chi connectivity index (χ4v) is 3.28. The summed E-state index contributed by atoms with van der Waals surface area (Å²) in [7, 11) is -3.57. The van der Waals surface area contributed by atoms with Gasteiger partial charge in [0.15, 0.2) is 0 Å². The van der Waals surface area contributed by atoms with Crippen LogP contribution in [-0.2, 0) is 21.2 Å². The van der Waals surface area contributed by atoms with Gasteiger partial charge in [-0.3, -0.25) is 4.79 Å². The Bertz CT molecular complexity index is 590. The van der Waals surface area contributed by atoms with Gasteiger partial charge in [-0.05, 0) is 24.6 Å². The lowest BCUT2D eigenvalue weighted by Crippen LogP contribution is -2.32. The molecule has 1 aromatic rings. The maximum Gasteiger partial charge on any atom is 0.307 e. The number of carbonyl (C=O) groups is 1. The maximum absolute atomic E-state index is 12.4. The molecule has 0 atom stereocenters. The van der Waals surface area contributed by atoms with Gasteiger partial charge in [-0.25, -0.2) is 8.42 Å². The van der Waals surface area contributed by atoms with Crippen LogP contribution in [0.25, 0.3) is 0 Å². The van der Waals surface area contributed by atoms with Crippen LogP contribution in [0.2, 0.25) is 0 Å². The minimum Gasteiger partial charge on any atom is -0.481 e. The van der Waals surface area contributed by atoms with Crippen LogP contribution in [0.3, 0.4) is 0 Å². The van der Waals surface area contributed by atoms with Crippen LogP contribution in [0.1, 0.15) is 19.4 Å². The van der Waals surface area contributed by atoms with Gasteiger partial charge in [0, 0.05) is 13.1 Å². The van der Waals surface area contributed by atoms with Gasteiger partial charge in [-0.15, -0.1) is 0 Å². The third kappa shape index (κ3) is 4.18. The van der Waals surface area contributed by atoms with Crippen LogP contribution >= 0.6 is 0 Å². The number of sulfonamides is 1. The van der Waals surface area contributed by atoms with Gasteiger partial charge in [0.05, 0.1) is 11.3 Å². The zero-order chi connectivity index (χ0) is 15.3. The van der Waals surface area contributed by atoms with Gasteiger partial charge >= 0.3 is 5.97 Å². The molecule has 0 heterocycles. The molecule has 1 rings (SSSR count). The van der Waals surface area contributed by atoms with E-state index in [2.05, 4.69) is 6.58 Å². The predicted octanol–water partition coefficient (Wildman–Crippen LogP) is 1.90. The van der Waals surface area contributed by atoms with E-state index in [-0.39, 0.29) is 17.9 Å². The zero-order valence-corrected chi connectivity index (χ0v) is 12.5. The van der Waals surface area contributed by atoms with Gasteiger partial charge in [0.25, 0.3) is 0 Å². The molecule has 0 aliphatic rings. The van der Waals surface area contributed by atoms with E-state index in [1.807, 2.05) is 0 Å². The van der Waals surface area contributed by atoms with E-state index in [1.165, 1.54) is 28.6 Å². The third-order valence-corrected chi connectivity index (χ3v) is 4.65. The van der Waals surface area contributed by atoms with Crippen molar-refractivity contribution in [2.75, 3.05) is 13.1 Å². The van der Waals surface area contributed by atoms with Crippen molar-refractivity contribution in [3.63, 3.8) is 0 Å².